The molecule has 2 aliphatic rings. The summed E-state index contributed by atoms with van der Waals surface area (Å²) >= 11 is 0. The summed E-state index contributed by atoms with van der Waals surface area (Å²) in [5.41, 5.74) is 3.96. The van der Waals surface area contributed by atoms with E-state index in [0.717, 1.165) is 16.8 Å². The van der Waals surface area contributed by atoms with Gasteiger partial charge in [-0.05, 0) is 84.3 Å². The Morgan fingerprint density at radius 3 is 2.10 bits per heavy atom. The van der Waals surface area contributed by atoms with E-state index in [9.17, 15) is 14.7 Å². The first kappa shape index (κ1) is 40.3. The number of methoxy groups -OCH3 is 1. The van der Waals surface area contributed by atoms with Crippen LogP contribution in [0.15, 0.2) is 131 Å². The van der Waals surface area contributed by atoms with Crippen LogP contribution < -0.4 is 25.9 Å². The third kappa shape index (κ3) is 6.57. The molecule has 3 N–H and O–H groups in total. The number of hydrogen-bond donors (Lipinski definition) is 3. The first-order valence-corrected chi connectivity index (χ1v) is 24.4. The second-order valence-corrected chi connectivity index (χ2v) is 21.9. The Hall–Kier alpha value is -6.81. The van der Waals surface area contributed by atoms with E-state index in [4.69, 9.17) is 9.47 Å². The third-order valence-electron chi connectivity index (χ3n) is 13.4. The summed E-state index contributed by atoms with van der Waals surface area (Å²) in [5, 5.41) is 27.0. The predicted octanol–water partition coefficient (Wildman–Crippen LogP) is 5.94. The maximum absolute atomic E-state index is 15.7. The van der Waals surface area contributed by atoms with Crippen LogP contribution in [0.3, 0.4) is 0 Å². The number of benzene rings is 5. The van der Waals surface area contributed by atoms with E-state index >= 15 is 4.79 Å². The molecule has 5 aromatic carbocycles. The number of nitrogens with one attached hydrogen (secondary N) is 2. The van der Waals surface area contributed by atoms with Gasteiger partial charge in [0, 0.05) is 37.3 Å². The van der Waals surface area contributed by atoms with Crippen LogP contribution in [0.25, 0.3) is 33.2 Å². The van der Waals surface area contributed by atoms with Gasteiger partial charge < -0.3 is 19.5 Å². The number of anilines is 1. The molecule has 15 heteroatoms. The molecule has 1 fully saturated rings. The zero-order chi connectivity index (χ0) is 43.6. The summed E-state index contributed by atoms with van der Waals surface area (Å²) in [6.45, 7) is 7.57. The fraction of sp³-hybridized carbons (Fsp3) is 0.271. The molecule has 3 aromatic heterocycles. The first-order chi connectivity index (χ1) is 30.5. The van der Waals surface area contributed by atoms with E-state index in [1.54, 1.807) is 23.9 Å². The van der Waals surface area contributed by atoms with Crippen molar-refractivity contribution >= 4 is 46.7 Å². The van der Waals surface area contributed by atoms with Gasteiger partial charge in [0.15, 0.2) is 5.60 Å². The van der Waals surface area contributed by atoms with E-state index in [1.165, 1.54) is 14.6 Å². The Kier molecular flexibility index (Phi) is 9.92. The molecule has 0 bridgehead atoms. The Labute approximate surface area is 363 Å². The van der Waals surface area contributed by atoms with Crippen molar-refractivity contribution in [3.8, 4) is 17.1 Å². The SMILES string of the molecule is COc1ccc([Si](C)(C)[C@@H]2[C@@H](CCn3cc(CCO)nn3)O[C@]3(C(=O)N(Cc4ccc(-n5[nH]c6ccccc6c5=O)cc4)c4ccc(-n5[nH]c6ccccc6c5=O)cc43)[C@H]2C)cc1. The molecule has 4 atom stereocenters. The predicted molar refractivity (Wildman–Crippen MR) is 244 cm³/mol. The van der Waals surface area contributed by atoms with E-state index in [1.807, 2.05) is 102 Å². The number of aryl methyl sites for hydroxylation is 1. The molecule has 1 amide bonds. The summed E-state index contributed by atoms with van der Waals surface area (Å²) < 4.78 is 17.8. The van der Waals surface area contributed by atoms with Gasteiger partial charge in [0.25, 0.3) is 17.0 Å². The number of para-hydroxylation sites is 2. The van der Waals surface area contributed by atoms with Crippen LogP contribution in [-0.4, -0.2) is 73.5 Å². The van der Waals surface area contributed by atoms with E-state index in [2.05, 4.69) is 52.7 Å². The normalized spacial score (nSPS) is 19.8. The summed E-state index contributed by atoms with van der Waals surface area (Å²) in [6.07, 6.45) is 2.46. The van der Waals surface area contributed by atoms with Crippen molar-refractivity contribution in [3.63, 3.8) is 0 Å². The van der Waals surface area contributed by atoms with Gasteiger partial charge in [-0.15, -0.1) is 5.10 Å². The van der Waals surface area contributed by atoms with Crippen molar-refractivity contribution < 1.29 is 19.4 Å². The van der Waals surface area contributed by atoms with Crippen molar-refractivity contribution in [2.45, 2.75) is 63.2 Å². The van der Waals surface area contributed by atoms with Crippen molar-refractivity contribution in [1.29, 1.82) is 0 Å². The second kappa shape index (κ2) is 15.5. The molecule has 14 nitrogen and oxygen atoms in total. The number of rotatable bonds is 12. The average Bonchev–Trinajstić information content (AvgIpc) is 4.10. The number of nitrogens with zero attached hydrogens (tertiary/aromatic N) is 6. The molecule has 0 unspecified atom stereocenters. The number of ether oxygens (including phenoxy) is 2. The van der Waals surface area contributed by atoms with Crippen LogP contribution >= 0.6 is 0 Å². The lowest BCUT2D eigenvalue weighted by atomic mass is 9.82. The molecular formula is C48H48N8O6Si. The topological polar surface area (TPSA) is 165 Å². The lowest BCUT2D eigenvalue weighted by molar-refractivity contribution is -0.146. The van der Waals surface area contributed by atoms with Gasteiger partial charge in [0.1, 0.15) is 5.75 Å². The zero-order valence-corrected chi connectivity index (χ0v) is 36.5. The average molecular weight is 861 g/mol. The zero-order valence-electron chi connectivity index (χ0n) is 35.5. The molecule has 1 saturated heterocycles. The fourth-order valence-electron chi connectivity index (χ4n) is 10.2. The molecule has 63 heavy (non-hydrogen) atoms. The van der Waals surface area contributed by atoms with Crippen LogP contribution in [0.4, 0.5) is 5.69 Å². The van der Waals surface area contributed by atoms with Crippen LogP contribution in [0, 0.1) is 5.92 Å². The number of fused-ring (bicyclic) bond motifs is 4. The molecule has 0 aliphatic carbocycles. The summed E-state index contributed by atoms with van der Waals surface area (Å²) in [6, 6.07) is 36.5. The number of carbonyl (C=O) groups is 1. The fourth-order valence-corrected chi connectivity index (χ4v) is 14.3. The maximum Gasteiger partial charge on any atom is 0.279 e. The molecule has 1 spiro atoms. The van der Waals surface area contributed by atoms with Crippen molar-refractivity contribution in [1.82, 2.24) is 34.6 Å². The van der Waals surface area contributed by atoms with Crippen LogP contribution in [-0.2, 0) is 34.6 Å². The molecule has 10 rings (SSSR count). The maximum atomic E-state index is 15.7. The number of aromatic nitrogens is 7. The summed E-state index contributed by atoms with van der Waals surface area (Å²) in [4.78, 5) is 44.6. The molecule has 0 radical (unpaired) electrons. The molecule has 8 aromatic rings. The molecule has 5 heterocycles. The number of aliphatic hydroxyl groups excluding tert-OH is 1. The van der Waals surface area contributed by atoms with Gasteiger partial charge in [-0.3, -0.25) is 29.3 Å². The van der Waals surface area contributed by atoms with Gasteiger partial charge in [-0.1, -0.05) is 78.9 Å². The van der Waals surface area contributed by atoms with Crippen LogP contribution in [0.5, 0.6) is 5.75 Å². The van der Waals surface area contributed by atoms with Crippen molar-refractivity contribution in [2.24, 2.45) is 5.92 Å². The highest BCUT2D eigenvalue weighted by molar-refractivity contribution is 6.91. The first-order valence-electron chi connectivity index (χ1n) is 21.3. The van der Waals surface area contributed by atoms with E-state index < -0.39 is 13.7 Å². The number of aromatic amines is 2. The minimum atomic E-state index is -2.48. The Morgan fingerprint density at radius 1 is 0.825 bits per heavy atom. The highest BCUT2D eigenvalue weighted by Gasteiger charge is 2.66. The van der Waals surface area contributed by atoms with Gasteiger partial charge in [0.05, 0.1) is 72.4 Å². The van der Waals surface area contributed by atoms with Gasteiger partial charge in [-0.25, -0.2) is 9.36 Å². The monoisotopic (exact) mass is 860 g/mol. The van der Waals surface area contributed by atoms with Gasteiger partial charge in [-0.2, -0.15) is 0 Å². The Bertz CT molecular complexity index is 3130. The molecule has 0 saturated carbocycles. The van der Waals surface area contributed by atoms with Gasteiger partial charge in [0.2, 0.25) is 0 Å². The van der Waals surface area contributed by atoms with Gasteiger partial charge >= 0.3 is 0 Å². The summed E-state index contributed by atoms with van der Waals surface area (Å²) in [7, 11) is -0.821. The highest BCUT2D eigenvalue weighted by atomic mass is 28.3. The second-order valence-electron chi connectivity index (χ2n) is 17.2. The number of carbonyl (C=O) groups excluding carboxylic acids is 1. The number of hydrogen-bond acceptors (Lipinski definition) is 8. The third-order valence-corrected chi connectivity index (χ3v) is 17.8. The van der Waals surface area contributed by atoms with E-state index in [0.29, 0.717) is 64.0 Å². The lowest BCUT2D eigenvalue weighted by Gasteiger charge is -2.37. The largest absolute Gasteiger partial charge is 0.497 e. The lowest BCUT2D eigenvalue weighted by Crippen LogP contribution is -2.51. The highest BCUT2D eigenvalue weighted by Crippen LogP contribution is 2.60. The quantitative estimate of drug-likeness (QED) is 0.127. The van der Waals surface area contributed by atoms with E-state index in [-0.39, 0.29) is 47.7 Å². The number of amides is 1. The standard InChI is InChI=1S/C48H48N8O6Si/c1-30-44(63(3,4)36-20-18-35(61-2)19-21-36)43(23-25-53-29-32(24-26-57)49-52-53)62-48(30)39-27-34(56-46(59)38-10-6-8-12-41(38)51-56)17-22-42(39)54(47(48)60)28-31-13-15-33(16-14-31)55-45(58)37-9-5-7-11-40(37)50-55/h5-22,27,29-30,43-44,50-51,57H,23-26,28H2,1-4H3/t30-,43+,44-,48+/m0/s1. The van der Waals surface area contributed by atoms with Crippen LogP contribution in [0.1, 0.15) is 30.2 Å². The summed E-state index contributed by atoms with van der Waals surface area (Å²) in [5.74, 6) is 0.308. The minimum absolute atomic E-state index is 0.0207. The minimum Gasteiger partial charge on any atom is -0.497 e. The smallest absolute Gasteiger partial charge is 0.279 e. The molecule has 2 aliphatic heterocycles. The number of aliphatic hydroxyl groups is 1. The molecular weight excluding hydrogens is 813 g/mol. The van der Waals surface area contributed by atoms with Crippen molar-refractivity contribution in [2.75, 3.05) is 18.6 Å². The Balaban J connectivity index is 1.07. The number of H-pyrrole nitrogens is 2. The molecule has 320 valence electrons. The Morgan fingerprint density at radius 2 is 1.46 bits per heavy atom. The van der Waals surface area contributed by atoms with Crippen LogP contribution in [0.2, 0.25) is 18.6 Å². The van der Waals surface area contributed by atoms with Crippen molar-refractivity contribution in [3.05, 3.63) is 159 Å².